The highest BCUT2D eigenvalue weighted by Crippen LogP contribution is 2.36. The first kappa shape index (κ1) is 16.1. The molecule has 0 bridgehead atoms. The van der Waals surface area contributed by atoms with Crippen molar-refractivity contribution in [3.8, 4) is 11.5 Å². The van der Waals surface area contributed by atoms with Gasteiger partial charge in [0, 0.05) is 18.5 Å². The van der Waals surface area contributed by atoms with Gasteiger partial charge in [-0.05, 0) is 52.9 Å². The number of nitrogens with one attached hydrogen (secondary N) is 1. The quantitative estimate of drug-likeness (QED) is 0.848. The van der Waals surface area contributed by atoms with E-state index in [4.69, 9.17) is 15.2 Å². The molecule has 1 aliphatic rings. The van der Waals surface area contributed by atoms with Crippen LogP contribution in [0.15, 0.2) is 16.6 Å². The van der Waals surface area contributed by atoms with Crippen LogP contribution in [0.3, 0.4) is 0 Å². The number of ether oxygens (including phenoxy) is 2. The van der Waals surface area contributed by atoms with Crippen molar-refractivity contribution in [3.63, 3.8) is 0 Å². The second-order valence-electron chi connectivity index (χ2n) is 5.30. The fraction of sp³-hybridized carbons (Fsp3) is 0.533. The van der Waals surface area contributed by atoms with Crippen molar-refractivity contribution in [2.45, 2.75) is 31.8 Å². The molecule has 0 aliphatic heterocycles. The number of benzene rings is 1. The number of carbonyl (C=O) groups excluding carboxylic acids is 1. The molecule has 0 heterocycles. The van der Waals surface area contributed by atoms with Crippen LogP contribution in [0.4, 0.5) is 0 Å². The summed E-state index contributed by atoms with van der Waals surface area (Å²) in [4.78, 5) is 12.1. The molecule has 2 unspecified atom stereocenters. The van der Waals surface area contributed by atoms with Crippen molar-refractivity contribution in [3.05, 3.63) is 22.2 Å². The summed E-state index contributed by atoms with van der Waals surface area (Å²) < 4.78 is 11.4. The Labute approximate surface area is 133 Å². The van der Waals surface area contributed by atoms with E-state index < -0.39 is 0 Å². The molecule has 2 rings (SSSR count). The van der Waals surface area contributed by atoms with E-state index in [2.05, 4.69) is 21.2 Å². The van der Waals surface area contributed by atoms with Gasteiger partial charge in [0.25, 0.3) is 0 Å². The van der Waals surface area contributed by atoms with Crippen LogP contribution in [0.2, 0.25) is 0 Å². The number of nitrogens with two attached hydrogens (primary N) is 1. The van der Waals surface area contributed by atoms with Crippen LogP contribution >= 0.6 is 15.9 Å². The SMILES string of the molecule is COc1cc(CNC(=O)C2CCC(N)C2)cc(Br)c1OC. The molecule has 0 aromatic heterocycles. The topological polar surface area (TPSA) is 73.6 Å². The Hall–Kier alpha value is -1.27. The summed E-state index contributed by atoms with van der Waals surface area (Å²) in [6.07, 6.45) is 2.59. The minimum absolute atomic E-state index is 0.0450. The van der Waals surface area contributed by atoms with Gasteiger partial charge in [-0.25, -0.2) is 0 Å². The predicted octanol–water partition coefficient (Wildman–Crippen LogP) is 2.21. The normalized spacial score (nSPS) is 21.1. The van der Waals surface area contributed by atoms with E-state index in [0.29, 0.717) is 18.0 Å². The van der Waals surface area contributed by atoms with Crippen molar-refractivity contribution in [1.29, 1.82) is 0 Å². The van der Waals surface area contributed by atoms with Gasteiger partial charge in [0.05, 0.1) is 18.7 Å². The first-order valence-electron chi connectivity index (χ1n) is 6.98. The Kier molecular flexibility index (Phi) is 5.47. The fourth-order valence-electron chi connectivity index (χ4n) is 2.66. The van der Waals surface area contributed by atoms with Crippen molar-refractivity contribution < 1.29 is 14.3 Å². The van der Waals surface area contributed by atoms with E-state index in [1.807, 2.05) is 12.1 Å². The van der Waals surface area contributed by atoms with Gasteiger partial charge in [0.1, 0.15) is 0 Å². The molecule has 0 radical (unpaired) electrons. The number of methoxy groups -OCH3 is 2. The molecule has 0 spiro atoms. The Bertz CT molecular complexity index is 522. The van der Waals surface area contributed by atoms with Gasteiger partial charge in [0.2, 0.25) is 5.91 Å². The summed E-state index contributed by atoms with van der Waals surface area (Å²) in [6.45, 7) is 0.462. The Balaban J connectivity index is 2.00. The minimum Gasteiger partial charge on any atom is -0.493 e. The van der Waals surface area contributed by atoms with Crippen molar-refractivity contribution in [2.24, 2.45) is 11.7 Å². The monoisotopic (exact) mass is 356 g/mol. The van der Waals surface area contributed by atoms with Crippen LogP contribution in [-0.2, 0) is 11.3 Å². The summed E-state index contributed by atoms with van der Waals surface area (Å²) in [7, 11) is 3.18. The van der Waals surface area contributed by atoms with Gasteiger partial charge in [-0.15, -0.1) is 0 Å². The molecule has 1 fully saturated rings. The van der Waals surface area contributed by atoms with E-state index in [9.17, 15) is 4.79 Å². The molecular weight excluding hydrogens is 336 g/mol. The lowest BCUT2D eigenvalue weighted by Crippen LogP contribution is -2.30. The standard InChI is InChI=1S/C15H21BrN2O3/c1-20-13-6-9(5-12(16)14(13)21-2)8-18-15(19)10-3-4-11(17)7-10/h5-6,10-11H,3-4,7-8,17H2,1-2H3,(H,18,19). The highest BCUT2D eigenvalue weighted by atomic mass is 79.9. The number of rotatable bonds is 5. The van der Waals surface area contributed by atoms with Gasteiger partial charge in [-0.1, -0.05) is 0 Å². The first-order valence-corrected chi connectivity index (χ1v) is 7.78. The molecular formula is C15H21BrN2O3. The van der Waals surface area contributed by atoms with Crippen molar-refractivity contribution >= 4 is 21.8 Å². The molecule has 1 aliphatic carbocycles. The largest absolute Gasteiger partial charge is 0.493 e. The Morgan fingerprint density at radius 2 is 2.14 bits per heavy atom. The number of halogens is 1. The molecule has 1 aromatic carbocycles. The molecule has 0 saturated heterocycles. The lowest BCUT2D eigenvalue weighted by Gasteiger charge is -2.14. The van der Waals surface area contributed by atoms with Crippen LogP contribution in [0.5, 0.6) is 11.5 Å². The van der Waals surface area contributed by atoms with Gasteiger partial charge in [-0.3, -0.25) is 4.79 Å². The molecule has 6 heteroatoms. The third-order valence-corrected chi connectivity index (χ3v) is 4.39. The molecule has 1 aromatic rings. The molecule has 1 saturated carbocycles. The third kappa shape index (κ3) is 3.89. The van der Waals surface area contributed by atoms with Crippen molar-refractivity contribution in [2.75, 3.05) is 14.2 Å². The van der Waals surface area contributed by atoms with Crippen LogP contribution in [0, 0.1) is 5.92 Å². The zero-order valence-corrected chi connectivity index (χ0v) is 13.9. The average Bonchev–Trinajstić information content (AvgIpc) is 2.90. The Morgan fingerprint density at radius 1 is 1.38 bits per heavy atom. The zero-order valence-electron chi connectivity index (χ0n) is 12.3. The molecule has 21 heavy (non-hydrogen) atoms. The second kappa shape index (κ2) is 7.13. The maximum Gasteiger partial charge on any atom is 0.223 e. The number of hydrogen-bond donors (Lipinski definition) is 2. The molecule has 5 nitrogen and oxygen atoms in total. The molecule has 3 N–H and O–H groups in total. The summed E-state index contributed by atoms with van der Waals surface area (Å²) in [5.74, 6) is 1.41. The maximum absolute atomic E-state index is 12.1. The van der Waals surface area contributed by atoms with Crippen LogP contribution in [0.25, 0.3) is 0 Å². The van der Waals surface area contributed by atoms with E-state index in [-0.39, 0.29) is 17.9 Å². The molecule has 116 valence electrons. The number of amides is 1. The van der Waals surface area contributed by atoms with E-state index >= 15 is 0 Å². The van der Waals surface area contributed by atoms with Crippen LogP contribution < -0.4 is 20.5 Å². The van der Waals surface area contributed by atoms with E-state index in [0.717, 1.165) is 29.3 Å². The maximum atomic E-state index is 12.1. The Morgan fingerprint density at radius 3 is 2.71 bits per heavy atom. The smallest absolute Gasteiger partial charge is 0.223 e. The van der Waals surface area contributed by atoms with Crippen LogP contribution in [-0.4, -0.2) is 26.2 Å². The summed E-state index contributed by atoms with van der Waals surface area (Å²) >= 11 is 3.45. The summed E-state index contributed by atoms with van der Waals surface area (Å²) in [6, 6.07) is 3.95. The van der Waals surface area contributed by atoms with Gasteiger partial charge in [-0.2, -0.15) is 0 Å². The molecule has 2 atom stereocenters. The average molecular weight is 357 g/mol. The van der Waals surface area contributed by atoms with E-state index in [1.54, 1.807) is 14.2 Å². The van der Waals surface area contributed by atoms with E-state index in [1.165, 1.54) is 0 Å². The number of carbonyl (C=O) groups is 1. The lowest BCUT2D eigenvalue weighted by atomic mass is 10.1. The highest BCUT2D eigenvalue weighted by Gasteiger charge is 2.27. The summed E-state index contributed by atoms with van der Waals surface area (Å²) in [5.41, 5.74) is 6.80. The summed E-state index contributed by atoms with van der Waals surface area (Å²) in [5, 5.41) is 2.97. The van der Waals surface area contributed by atoms with Crippen molar-refractivity contribution in [1.82, 2.24) is 5.32 Å². The third-order valence-electron chi connectivity index (χ3n) is 3.80. The number of hydrogen-bond acceptors (Lipinski definition) is 4. The fourth-order valence-corrected chi connectivity index (χ4v) is 3.31. The molecule has 1 amide bonds. The van der Waals surface area contributed by atoms with Gasteiger partial charge >= 0.3 is 0 Å². The lowest BCUT2D eigenvalue weighted by molar-refractivity contribution is -0.125. The second-order valence-corrected chi connectivity index (χ2v) is 6.16. The first-order chi connectivity index (χ1) is 10.0. The van der Waals surface area contributed by atoms with Gasteiger partial charge in [0.15, 0.2) is 11.5 Å². The predicted molar refractivity (Wildman–Crippen MR) is 84.4 cm³/mol. The van der Waals surface area contributed by atoms with Crippen LogP contribution in [0.1, 0.15) is 24.8 Å². The highest BCUT2D eigenvalue weighted by molar-refractivity contribution is 9.10. The van der Waals surface area contributed by atoms with Gasteiger partial charge < -0.3 is 20.5 Å². The minimum atomic E-state index is 0.0450. The zero-order chi connectivity index (χ0) is 15.4.